The van der Waals surface area contributed by atoms with Crippen molar-refractivity contribution < 1.29 is 9.53 Å². The number of hydrogen-bond acceptors (Lipinski definition) is 4. The van der Waals surface area contributed by atoms with Gasteiger partial charge in [0.25, 0.3) is 0 Å². The van der Waals surface area contributed by atoms with Crippen molar-refractivity contribution in [3.05, 3.63) is 24.0 Å². The third-order valence-corrected chi connectivity index (χ3v) is 2.39. The molecule has 0 bridgehead atoms. The fraction of sp³-hybridized carbons (Fsp3) is 0.571. The van der Waals surface area contributed by atoms with Crippen LogP contribution in [-0.2, 0) is 11.3 Å². The van der Waals surface area contributed by atoms with Gasteiger partial charge in [-0.15, -0.1) is 0 Å². The van der Waals surface area contributed by atoms with E-state index in [-0.39, 0.29) is 6.09 Å². The predicted octanol–water partition coefficient (Wildman–Crippen LogP) is 2.69. The maximum Gasteiger partial charge on any atom is 0.414 e. The quantitative estimate of drug-likeness (QED) is 0.908. The van der Waals surface area contributed by atoms with Crippen LogP contribution in [0.4, 0.5) is 10.5 Å². The SMILES string of the molecule is CCCN(C(=O)OC(C)(C)C)c1ccc(CN)nc1. The first kappa shape index (κ1) is 15.4. The number of rotatable bonds is 4. The van der Waals surface area contributed by atoms with Gasteiger partial charge in [-0.3, -0.25) is 9.88 Å². The molecule has 0 radical (unpaired) electrons. The first-order valence-electron chi connectivity index (χ1n) is 6.53. The second-order valence-corrected chi connectivity index (χ2v) is 5.34. The maximum atomic E-state index is 12.2. The molecule has 19 heavy (non-hydrogen) atoms. The maximum absolute atomic E-state index is 12.2. The standard InChI is InChI=1S/C14H23N3O2/c1-5-8-17(13(18)19-14(2,3)4)12-7-6-11(9-15)16-10-12/h6-7,10H,5,8-9,15H2,1-4H3. The number of carbonyl (C=O) groups excluding carboxylic acids is 1. The van der Waals surface area contributed by atoms with Crippen LogP contribution >= 0.6 is 0 Å². The van der Waals surface area contributed by atoms with E-state index >= 15 is 0 Å². The van der Waals surface area contributed by atoms with Crippen LogP contribution < -0.4 is 10.6 Å². The molecule has 5 nitrogen and oxygen atoms in total. The number of pyridine rings is 1. The van der Waals surface area contributed by atoms with E-state index in [1.807, 2.05) is 39.8 Å². The Morgan fingerprint density at radius 1 is 1.42 bits per heavy atom. The summed E-state index contributed by atoms with van der Waals surface area (Å²) in [7, 11) is 0. The van der Waals surface area contributed by atoms with Crippen molar-refractivity contribution in [2.24, 2.45) is 5.73 Å². The lowest BCUT2D eigenvalue weighted by molar-refractivity contribution is 0.0580. The lowest BCUT2D eigenvalue weighted by Gasteiger charge is -2.27. The molecule has 0 fully saturated rings. The van der Waals surface area contributed by atoms with E-state index in [0.29, 0.717) is 13.1 Å². The summed E-state index contributed by atoms with van der Waals surface area (Å²) in [4.78, 5) is 18.0. The van der Waals surface area contributed by atoms with Crippen molar-refractivity contribution in [3.63, 3.8) is 0 Å². The molecule has 0 aromatic carbocycles. The van der Waals surface area contributed by atoms with E-state index in [9.17, 15) is 4.79 Å². The molecule has 0 aliphatic heterocycles. The summed E-state index contributed by atoms with van der Waals surface area (Å²) >= 11 is 0. The lowest BCUT2D eigenvalue weighted by atomic mass is 10.2. The summed E-state index contributed by atoms with van der Waals surface area (Å²) < 4.78 is 5.40. The minimum absolute atomic E-state index is 0.350. The minimum atomic E-state index is -0.506. The molecule has 1 rings (SSSR count). The minimum Gasteiger partial charge on any atom is -0.443 e. The van der Waals surface area contributed by atoms with Gasteiger partial charge >= 0.3 is 6.09 Å². The molecule has 1 aromatic heterocycles. The van der Waals surface area contributed by atoms with Crippen molar-refractivity contribution in [2.75, 3.05) is 11.4 Å². The van der Waals surface area contributed by atoms with Gasteiger partial charge in [-0.2, -0.15) is 0 Å². The Kier molecular flexibility index (Phi) is 5.30. The number of carbonyl (C=O) groups is 1. The topological polar surface area (TPSA) is 68.5 Å². The molecule has 0 atom stereocenters. The molecule has 0 aliphatic carbocycles. The molecule has 0 saturated carbocycles. The molecule has 106 valence electrons. The van der Waals surface area contributed by atoms with Crippen molar-refractivity contribution in [3.8, 4) is 0 Å². The first-order chi connectivity index (χ1) is 8.87. The highest BCUT2D eigenvalue weighted by atomic mass is 16.6. The molecule has 0 saturated heterocycles. The van der Waals surface area contributed by atoms with Crippen LogP contribution in [0, 0.1) is 0 Å². The van der Waals surface area contributed by atoms with Gasteiger partial charge in [0.2, 0.25) is 0 Å². The molecule has 1 aromatic rings. The number of nitrogens with two attached hydrogens (primary N) is 1. The van der Waals surface area contributed by atoms with E-state index in [2.05, 4.69) is 4.98 Å². The van der Waals surface area contributed by atoms with Crippen LogP contribution in [0.2, 0.25) is 0 Å². The van der Waals surface area contributed by atoms with Crippen LogP contribution in [0.3, 0.4) is 0 Å². The molecular formula is C14H23N3O2. The highest BCUT2D eigenvalue weighted by Crippen LogP contribution is 2.18. The number of amides is 1. The van der Waals surface area contributed by atoms with E-state index in [0.717, 1.165) is 17.8 Å². The second-order valence-electron chi connectivity index (χ2n) is 5.34. The third kappa shape index (κ3) is 4.87. The van der Waals surface area contributed by atoms with Gasteiger partial charge in [0.1, 0.15) is 5.60 Å². The first-order valence-corrected chi connectivity index (χ1v) is 6.53. The van der Waals surface area contributed by atoms with Crippen molar-refractivity contribution in [1.29, 1.82) is 0 Å². The number of ether oxygens (including phenoxy) is 1. The van der Waals surface area contributed by atoms with Crippen molar-refractivity contribution in [2.45, 2.75) is 46.3 Å². The molecule has 1 amide bonds. The second kappa shape index (κ2) is 6.52. The van der Waals surface area contributed by atoms with Crippen LogP contribution in [0.5, 0.6) is 0 Å². The largest absolute Gasteiger partial charge is 0.443 e. The Hall–Kier alpha value is -1.62. The van der Waals surface area contributed by atoms with Gasteiger partial charge in [0.05, 0.1) is 17.6 Å². The van der Waals surface area contributed by atoms with Crippen molar-refractivity contribution >= 4 is 11.8 Å². The summed E-state index contributed by atoms with van der Waals surface area (Å²) in [6, 6.07) is 3.66. The van der Waals surface area contributed by atoms with Gasteiger partial charge in [-0.25, -0.2) is 4.79 Å². The van der Waals surface area contributed by atoms with E-state index in [1.54, 1.807) is 11.1 Å². The number of anilines is 1. The van der Waals surface area contributed by atoms with Gasteiger partial charge in [-0.1, -0.05) is 6.92 Å². The molecular weight excluding hydrogens is 242 g/mol. The van der Waals surface area contributed by atoms with E-state index in [4.69, 9.17) is 10.5 Å². The Labute approximate surface area is 114 Å². The lowest BCUT2D eigenvalue weighted by Crippen LogP contribution is -2.37. The molecule has 0 aliphatic rings. The normalized spacial score (nSPS) is 11.2. The highest BCUT2D eigenvalue weighted by molar-refractivity contribution is 5.87. The Bertz CT molecular complexity index is 410. The number of hydrogen-bond donors (Lipinski definition) is 1. The Morgan fingerprint density at radius 3 is 2.53 bits per heavy atom. The average molecular weight is 265 g/mol. The van der Waals surface area contributed by atoms with Crippen LogP contribution in [0.25, 0.3) is 0 Å². The molecule has 0 unspecified atom stereocenters. The van der Waals surface area contributed by atoms with Crippen LogP contribution in [0.15, 0.2) is 18.3 Å². The number of nitrogens with zero attached hydrogens (tertiary/aromatic N) is 2. The fourth-order valence-electron chi connectivity index (χ4n) is 1.56. The van der Waals surface area contributed by atoms with Gasteiger partial charge in [0, 0.05) is 13.1 Å². The smallest absolute Gasteiger partial charge is 0.414 e. The predicted molar refractivity (Wildman–Crippen MR) is 76.0 cm³/mol. The highest BCUT2D eigenvalue weighted by Gasteiger charge is 2.22. The Morgan fingerprint density at radius 2 is 2.11 bits per heavy atom. The molecule has 1 heterocycles. The fourth-order valence-corrected chi connectivity index (χ4v) is 1.56. The van der Waals surface area contributed by atoms with E-state index in [1.165, 1.54) is 0 Å². The summed E-state index contributed by atoms with van der Waals surface area (Å²) in [6.45, 7) is 8.55. The third-order valence-electron chi connectivity index (χ3n) is 2.39. The Balaban J connectivity index is 2.89. The van der Waals surface area contributed by atoms with Crippen molar-refractivity contribution in [1.82, 2.24) is 4.98 Å². The van der Waals surface area contributed by atoms with E-state index < -0.39 is 5.60 Å². The van der Waals surface area contributed by atoms with Gasteiger partial charge < -0.3 is 10.5 Å². The van der Waals surface area contributed by atoms with Gasteiger partial charge in [0.15, 0.2) is 0 Å². The number of aromatic nitrogens is 1. The summed E-state index contributed by atoms with van der Waals surface area (Å²) in [5.41, 5.74) is 6.53. The summed E-state index contributed by atoms with van der Waals surface area (Å²) in [5.74, 6) is 0. The zero-order valence-electron chi connectivity index (χ0n) is 12.1. The zero-order chi connectivity index (χ0) is 14.5. The molecule has 5 heteroatoms. The summed E-state index contributed by atoms with van der Waals surface area (Å²) in [5, 5.41) is 0. The van der Waals surface area contributed by atoms with Gasteiger partial charge in [-0.05, 0) is 39.3 Å². The molecule has 2 N–H and O–H groups in total. The van der Waals surface area contributed by atoms with Crippen LogP contribution in [-0.4, -0.2) is 23.2 Å². The zero-order valence-corrected chi connectivity index (χ0v) is 12.1. The monoisotopic (exact) mass is 265 g/mol. The molecule has 0 spiro atoms. The van der Waals surface area contributed by atoms with Crippen LogP contribution in [0.1, 0.15) is 39.8 Å². The summed E-state index contributed by atoms with van der Waals surface area (Å²) in [6.07, 6.45) is 2.15. The average Bonchev–Trinajstić information content (AvgIpc) is 2.34.